The molecular weight excluding hydrogens is 284 g/mol. The van der Waals surface area contributed by atoms with E-state index < -0.39 is 0 Å². The number of hydrogen-bond donors (Lipinski definition) is 0. The molecule has 2 nitrogen and oxygen atoms in total. The highest BCUT2D eigenvalue weighted by Gasteiger charge is 2.34. The summed E-state index contributed by atoms with van der Waals surface area (Å²) in [5, 5.41) is 0. The second kappa shape index (κ2) is 7.44. The van der Waals surface area contributed by atoms with Crippen LogP contribution < -0.4 is 0 Å². The van der Waals surface area contributed by atoms with Crippen molar-refractivity contribution in [2.45, 2.75) is 106 Å². The van der Waals surface area contributed by atoms with Gasteiger partial charge in [0.15, 0.2) is 0 Å². The van der Waals surface area contributed by atoms with Gasteiger partial charge in [0.1, 0.15) is 6.10 Å². The van der Waals surface area contributed by atoms with E-state index in [1.54, 1.807) is 0 Å². The molecule has 0 aromatic heterocycles. The molecular formula is C21H42O2. The smallest absolute Gasteiger partial charge is 0.104 e. The maximum absolute atomic E-state index is 6.09. The fraction of sp³-hybridized carbons (Fsp3) is 1.00. The summed E-state index contributed by atoms with van der Waals surface area (Å²) >= 11 is 0. The molecule has 1 fully saturated rings. The first kappa shape index (κ1) is 21.0. The molecule has 23 heavy (non-hydrogen) atoms. The lowest BCUT2D eigenvalue weighted by Gasteiger charge is -2.39. The van der Waals surface area contributed by atoms with E-state index in [1.165, 1.54) is 25.7 Å². The van der Waals surface area contributed by atoms with Gasteiger partial charge in [-0.2, -0.15) is 0 Å². The third-order valence-electron chi connectivity index (χ3n) is 5.36. The lowest BCUT2D eigenvalue weighted by atomic mass is 9.68. The van der Waals surface area contributed by atoms with Gasteiger partial charge in [0.2, 0.25) is 0 Å². The Morgan fingerprint density at radius 3 is 1.74 bits per heavy atom. The third kappa shape index (κ3) is 9.10. The van der Waals surface area contributed by atoms with Crippen LogP contribution in [0.1, 0.15) is 94.4 Å². The monoisotopic (exact) mass is 326 g/mol. The van der Waals surface area contributed by atoms with Crippen molar-refractivity contribution in [3.05, 3.63) is 0 Å². The van der Waals surface area contributed by atoms with E-state index in [1.807, 2.05) is 0 Å². The molecule has 0 aliphatic carbocycles. The normalized spacial score (nSPS) is 20.0. The van der Waals surface area contributed by atoms with Crippen LogP contribution in [0.2, 0.25) is 0 Å². The van der Waals surface area contributed by atoms with Gasteiger partial charge in [0.05, 0.1) is 18.8 Å². The van der Waals surface area contributed by atoms with Crippen LogP contribution in [0.4, 0.5) is 0 Å². The predicted molar refractivity (Wildman–Crippen MR) is 99.9 cm³/mol. The third-order valence-corrected chi connectivity index (χ3v) is 5.36. The summed E-state index contributed by atoms with van der Waals surface area (Å²) in [6.45, 7) is 22.8. The lowest BCUT2D eigenvalue weighted by molar-refractivity contribution is -0.0540. The maximum atomic E-state index is 6.09. The van der Waals surface area contributed by atoms with Crippen LogP contribution in [0, 0.1) is 16.2 Å². The van der Waals surface area contributed by atoms with Crippen LogP contribution in [-0.2, 0) is 9.47 Å². The Labute approximate surface area is 145 Å². The molecule has 1 saturated heterocycles. The summed E-state index contributed by atoms with van der Waals surface area (Å²) in [4.78, 5) is 0. The molecule has 1 atom stereocenters. The highest BCUT2D eigenvalue weighted by atomic mass is 16.6. The van der Waals surface area contributed by atoms with Crippen molar-refractivity contribution in [1.82, 2.24) is 0 Å². The topological polar surface area (TPSA) is 21.8 Å². The Hall–Kier alpha value is -0.0800. The molecule has 1 unspecified atom stereocenters. The second-order valence-electron chi connectivity index (χ2n) is 10.7. The number of rotatable bonds is 11. The van der Waals surface area contributed by atoms with Crippen LogP contribution >= 0.6 is 0 Å². The first-order valence-electron chi connectivity index (χ1n) is 9.52. The summed E-state index contributed by atoms with van der Waals surface area (Å²) in [5.74, 6) is 0. The van der Waals surface area contributed by atoms with Gasteiger partial charge in [-0.1, -0.05) is 54.9 Å². The summed E-state index contributed by atoms with van der Waals surface area (Å²) < 4.78 is 11.4. The standard InChI is InChI=1S/C21H42O2/c1-10-18(2,3)15-19(4,5)11-12-20(6,7)16-21(8,9)23-14-17-13-22-17/h17H,10-16H2,1-9H3. The molecule has 0 aromatic carbocycles. The molecule has 2 heteroatoms. The van der Waals surface area contributed by atoms with Crippen LogP contribution in [0.25, 0.3) is 0 Å². The van der Waals surface area contributed by atoms with Crippen LogP contribution in [0.3, 0.4) is 0 Å². The van der Waals surface area contributed by atoms with Crippen LogP contribution in [0.15, 0.2) is 0 Å². The van der Waals surface area contributed by atoms with Gasteiger partial charge in [-0.15, -0.1) is 0 Å². The fourth-order valence-corrected chi connectivity index (χ4v) is 3.96. The zero-order valence-electron chi connectivity index (χ0n) is 17.3. The Balaban J connectivity index is 2.46. The van der Waals surface area contributed by atoms with Crippen molar-refractivity contribution < 1.29 is 9.47 Å². The molecule has 1 rings (SSSR count). The zero-order valence-corrected chi connectivity index (χ0v) is 17.3. The number of ether oxygens (including phenoxy) is 2. The zero-order chi connectivity index (χ0) is 17.9. The maximum Gasteiger partial charge on any atom is 0.104 e. The van der Waals surface area contributed by atoms with E-state index in [0.29, 0.717) is 22.3 Å². The number of epoxide rings is 1. The highest BCUT2D eigenvalue weighted by molar-refractivity contribution is 4.85. The van der Waals surface area contributed by atoms with E-state index in [4.69, 9.17) is 9.47 Å². The van der Waals surface area contributed by atoms with Gasteiger partial charge < -0.3 is 9.47 Å². The minimum Gasteiger partial charge on any atom is -0.373 e. The number of hydrogen-bond acceptors (Lipinski definition) is 2. The molecule has 0 aromatic rings. The van der Waals surface area contributed by atoms with E-state index in [-0.39, 0.29) is 5.60 Å². The first-order chi connectivity index (χ1) is 10.3. The van der Waals surface area contributed by atoms with Crippen LogP contribution in [0.5, 0.6) is 0 Å². The van der Waals surface area contributed by atoms with Gasteiger partial charge in [-0.25, -0.2) is 0 Å². The largest absolute Gasteiger partial charge is 0.373 e. The van der Waals surface area contributed by atoms with E-state index in [9.17, 15) is 0 Å². The Morgan fingerprint density at radius 1 is 0.826 bits per heavy atom. The average Bonchev–Trinajstić information content (AvgIpc) is 3.16. The summed E-state index contributed by atoms with van der Waals surface area (Å²) in [6, 6.07) is 0. The molecule has 1 heterocycles. The van der Waals surface area contributed by atoms with E-state index >= 15 is 0 Å². The fourth-order valence-electron chi connectivity index (χ4n) is 3.96. The van der Waals surface area contributed by atoms with E-state index in [0.717, 1.165) is 19.6 Å². The Bertz CT molecular complexity index is 362. The van der Waals surface area contributed by atoms with Gasteiger partial charge in [0.25, 0.3) is 0 Å². The minimum atomic E-state index is -0.0672. The summed E-state index contributed by atoms with van der Waals surface area (Å²) in [5.41, 5.74) is 1.09. The minimum absolute atomic E-state index is 0.0672. The quantitative estimate of drug-likeness (QED) is 0.420. The molecule has 0 bridgehead atoms. The molecule has 0 saturated carbocycles. The van der Waals surface area contributed by atoms with Crippen molar-refractivity contribution in [2.75, 3.05) is 13.2 Å². The molecule has 0 N–H and O–H groups in total. The first-order valence-corrected chi connectivity index (χ1v) is 9.52. The molecule has 0 spiro atoms. The van der Waals surface area contributed by atoms with Crippen molar-refractivity contribution in [3.8, 4) is 0 Å². The SMILES string of the molecule is CCC(C)(C)CC(C)(C)CCC(C)(C)CC(C)(C)OCC1CO1. The van der Waals surface area contributed by atoms with Gasteiger partial charge in [-0.05, 0) is 55.8 Å². The lowest BCUT2D eigenvalue weighted by Crippen LogP contribution is -2.34. The van der Waals surface area contributed by atoms with Crippen molar-refractivity contribution in [3.63, 3.8) is 0 Å². The average molecular weight is 327 g/mol. The highest BCUT2D eigenvalue weighted by Crippen LogP contribution is 2.43. The van der Waals surface area contributed by atoms with Gasteiger partial charge in [-0.3, -0.25) is 0 Å². The summed E-state index contributed by atoms with van der Waals surface area (Å²) in [7, 11) is 0. The van der Waals surface area contributed by atoms with Crippen LogP contribution in [-0.4, -0.2) is 24.9 Å². The van der Waals surface area contributed by atoms with Crippen molar-refractivity contribution in [1.29, 1.82) is 0 Å². The molecule has 1 aliphatic heterocycles. The predicted octanol–water partition coefficient (Wildman–Crippen LogP) is 6.23. The van der Waals surface area contributed by atoms with Gasteiger partial charge in [0, 0.05) is 0 Å². The van der Waals surface area contributed by atoms with Gasteiger partial charge >= 0.3 is 0 Å². The second-order valence-corrected chi connectivity index (χ2v) is 10.7. The summed E-state index contributed by atoms with van der Waals surface area (Å²) in [6.07, 6.45) is 6.54. The molecule has 1 aliphatic rings. The van der Waals surface area contributed by atoms with E-state index in [2.05, 4.69) is 62.3 Å². The molecule has 0 radical (unpaired) electrons. The Kier molecular flexibility index (Phi) is 6.78. The molecule has 138 valence electrons. The Morgan fingerprint density at radius 2 is 1.30 bits per heavy atom. The molecule has 0 amide bonds. The van der Waals surface area contributed by atoms with Crippen molar-refractivity contribution in [2.24, 2.45) is 16.2 Å². The van der Waals surface area contributed by atoms with Crippen molar-refractivity contribution >= 4 is 0 Å².